The minimum absolute atomic E-state index is 0.0525. The SMILES string of the molecule is Cc1cc(C)cc(Oc2ncccc2C(=O)O)c1. The lowest BCUT2D eigenvalue weighted by Gasteiger charge is -2.08. The first kappa shape index (κ1) is 12.1. The molecule has 1 aromatic heterocycles. The van der Waals surface area contributed by atoms with Crippen molar-refractivity contribution in [2.45, 2.75) is 13.8 Å². The number of carbonyl (C=O) groups is 1. The Morgan fingerprint density at radius 3 is 2.50 bits per heavy atom. The molecule has 1 heterocycles. The number of nitrogens with zero attached hydrogens (tertiary/aromatic N) is 1. The highest BCUT2D eigenvalue weighted by molar-refractivity contribution is 5.90. The van der Waals surface area contributed by atoms with Gasteiger partial charge in [-0.2, -0.15) is 0 Å². The maximum atomic E-state index is 11.0. The van der Waals surface area contributed by atoms with Crippen molar-refractivity contribution < 1.29 is 14.6 Å². The lowest BCUT2D eigenvalue weighted by Crippen LogP contribution is -2.01. The zero-order valence-electron chi connectivity index (χ0n) is 10.2. The Kier molecular flexibility index (Phi) is 3.28. The van der Waals surface area contributed by atoms with Gasteiger partial charge in [0, 0.05) is 6.20 Å². The summed E-state index contributed by atoms with van der Waals surface area (Å²) in [6, 6.07) is 8.73. The average Bonchev–Trinajstić information content (AvgIpc) is 2.27. The highest BCUT2D eigenvalue weighted by Crippen LogP contribution is 2.24. The van der Waals surface area contributed by atoms with Gasteiger partial charge in [0.1, 0.15) is 11.3 Å². The molecule has 92 valence electrons. The maximum Gasteiger partial charge on any atom is 0.341 e. The molecule has 0 saturated heterocycles. The average molecular weight is 243 g/mol. The van der Waals surface area contributed by atoms with E-state index < -0.39 is 5.97 Å². The van der Waals surface area contributed by atoms with Crippen LogP contribution in [0.4, 0.5) is 0 Å². The second-order valence-electron chi connectivity index (χ2n) is 4.09. The largest absolute Gasteiger partial charge is 0.477 e. The third-order valence-corrected chi connectivity index (χ3v) is 2.41. The Bertz CT molecular complexity index is 573. The standard InChI is InChI=1S/C14H13NO3/c1-9-6-10(2)8-11(7-9)18-13-12(14(16)17)4-3-5-15-13/h3-8H,1-2H3,(H,16,17). The minimum atomic E-state index is -1.05. The summed E-state index contributed by atoms with van der Waals surface area (Å²) in [6.07, 6.45) is 1.50. The third-order valence-electron chi connectivity index (χ3n) is 2.41. The molecule has 0 aliphatic carbocycles. The van der Waals surface area contributed by atoms with E-state index in [0.717, 1.165) is 11.1 Å². The van der Waals surface area contributed by atoms with E-state index in [9.17, 15) is 4.79 Å². The molecule has 0 radical (unpaired) electrons. The molecular weight excluding hydrogens is 230 g/mol. The van der Waals surface area contributed by atoms with E-state index in [1.807, 2.05) is 32.0 Å². The van der Waals surface area contributed by atoms with Crippen molar-refractivity contribution in [3.63, 3.8) is 0 Å². The molecule has 0 unspecified atom stereocenters. The Balaban J connectivity index is 2.37. The van der Waals surface area contributed by atoms with Crippen LogP contribution in [0, 0.1) is 13.8 Å². The fourth-order valence-corrected chi connectivity index (χ4v) is 1.74. The lowest BCUT2D eigenvalue weighted by atomic mass is 10.1. The lowest BCUT2D eigenvalue weighted by molar-refractivity contribution is 0.0693. The van der Waals surface area contributed by atoms with Crippen LogP contribution in [0.1, 0.15) is 21.5 Å². The second kappa shape index (κ2) is 4.87. The van der Waals surface area contributed by atoms with Gasteiger partial charge in [0.05, 0.1) is 0 Å². The number of rotatable bonds is 3. The fourth-order valence-electron chi connectivity index (χ4n) is 1.74. The first-order chi connectivity index (χ1) is 8.56. The smallest absolute Gasteiger partial charge is 0.341 e. The summed E-state index contributed by atoms with van der Waals surface area (Å²) < 4.78 is 5.54. The normalized spacial score (nSPS) is 10.1. The molecule has 1 aromatic carbocycles. The Hall–Kier alpha value is -2.36. The first-order valence-corrected chi connectivity index (χ1v) is 5.51. The van der Waals surface area contributed by atoms with Gasteiger partial charge in [-0.15, -0.1) is 0 Å². The summed E-state index contributed by atoms with van der Waals surface area (Å²) in [5.41, 5.74) is 2.16. The van der Waals surface area contributed by atoms with Crippen LogP contribution in [0.15, 0.2) is 36.5 Å². The van der Waals surface area contributed by atoms with Crippen LogP contribution in [0.25, 0.3) is 0 Å². The zero-order valence-corrected chi connectivity index (χ0v) is 10.2. The Labute approximate surface area is 105 Å². The van der Waals surface area contributed by atoms with Gasteiger partial charge < -0.3 is 9.84 Å². The number of ether oxygens (including phenoxy) is 1. The van der Waals surface area contributed by atoms with Gasteiger partial charge in [-0.1, -0.05) is 6.07 Å². The summed E-state index contributed by atoms with van der Waals surface area (Å²) in [5, 5.41) is 9.03. The number of hydrogen-bond donors (Lipinski definition) is 1. The molecule has 0 saturated carbocycles. The number of carboxylic acids is 1. The van der Waals surface area contributed by atoms with Crippen LogP contribution in [0.3, 0.4) is 0 Å². The number of benzene rings is 1. The molecular formula is C14H13NO3. The Morgan fingerprint density at radius 2 is 1.89 bits per heavy atom. The van der Waals surface area contributed by atoms with Crippen LogP contribution < -0.4 is 4.74 Å². The van der Waals surface area contributed by atoms with Gasteiger partial charge in [-0.3, -0.25) is 0 Å². The van der Waals surface area contributed by atoms with E-state index in [4.69, 9.17) is 9.84 Å². The quantitative estimate of drug-likeness (QED) is 0.899. The number of carboxylic acid groups (broad SMARTS) is 1. The minimum Gasteiger partial charge on any atom is -0.477 e. The Morgan fingerprint density at radius 1 is 1.22 bits per heavy atom. The number of hydrogen-bond acceptors (Lipinski definition) is 3. The van der Waals surface area contributed by atoms with Crippen molar-refractivity contribution in [1.82, 2.24) is 4.98 Å². The van der Waals surface area contributed by atoms with Crippen molar-refractivity contribution in [1.29, 1.82) is 0 Å². The number of pyridine rings is 1. The summed E-state index contributed by atoms with van der Waals surface area (Å²) in [5.74, 6) is -0.355. The fraction of sp³-hybridized carbons (Fsp3) is 0.143. The molecule has 0 spiro atoms. The van der Waals surface area contributed by atoms with E-state index >= 15 is 0 Å². The molecule has 0 aliphatic rings. The van der Waals surface area contributed by atoms with Gasteiger partial charge in [-0.05, 0) is 49.2 Å². The molecule has 4 nitrogen and oxygen atoms in total. The maximum absolute atomic E-state index is 11.0. The van der Waals surface area contributed by atoms with E-state index in [-0.39, 0.29) is 11.4 Å². The van der Waals surface area contributed by atoms with Gasteiger partial charge >= 0.3 is 5.97 Å². The van der Waals surface area contributed by atoms with Crippen LogP contribution in [-0.2, 0) is 0 Å². The van der Waals surface area contributed by atoms with Crippen molar-refractivity contribution >= 4 is 5.97 Å². The van der Waals surface area contributed by atoms with Crippen molar-refractivity contribution in [2.75, 3.05) is 0 Å². The number of aromatic nitrogens is 1. The highest BCUT2D eigenvalue weighted by atomic mass is 16.5. The molecule has 2 aromatic rings. The topological polar surface area (TPSA) is 59.4 Å². The predicted octanol–water partition coefficient (Wildman–Crippen LogP) is 3.19. The summed E-state index contributed by atoms with van der Waals surface area (Å²) in [4.78, 5) is 15.0. The zero-order chi connectivity index (χ0) is 13.1. The summed E-state index contributed by atoms with van der Waals surface area (Å²) >= 11 is 0. The first-order valence-electron chi connectivity index (χ1n) is 5.51. The molecule has 2 rings (SSSR count). The summed E-state index contributed by atoms with van der Waals surface area (Å²) in [6.45, 7) is 3.91. The molecule has 0 fully saturated rings. The van der Waals surface area contributed by atoms with Gasteiger partial charge in [-0.25, -0.2) is 9.78 Å². The predicted molar refractivity (Wildman–Crippen MR) is 67.2 cm³/mol. The number of aryl methyl sites for hydroxylation is 2. The number of aromatic carboxylic acids is 1. The van der Waals surface area contributed by atoms with Gasteiger partial charge in [0.25, 0.3) is 0 Å². The van der Waals surface area contributed by atoms with Crippen LogP contribution in [0.5, 0.6) is 11.6 Å². The molecule has 1 N–H and O–H groups in total. The molecule has 0 bridgehead atoms. The highest BCUT2D eigenvalue weighted by Gasteiger charge is 2.12. The van der Waals surface area contributed by atoms with E-state index in [1.54, 1.807) is 6.07 Å². The second-order valence-corrected chi connectivity index (χ2v) is 4.09. The van der Waals surface area contributed by atoms with Gasteiger partial charge in [0.2, 0.25) is 5.88 Å². The van der Waals surface area contributed by atoms with Crippen LogP contribution in [-0.4, -0.2) is 16.1 Å². The molecule has 18 heavy (non-hydrogen) atoms. The van der Waals surface area contributed by atoms with Crippen molar-refractivity contribution in [2.24, 2.45) is 0 Å². The van der Waals surface area contributed by atoms with E-state index in [0.29, 0.717) is 5.75 Å². The van der Waals surface area contributed by atoms with Crippen molar-refractivity contribution in [3.8, 4) is 11.6 Å². The van der Waals surface area contributed by atoms with Gasteiger partial charge in [0.15, 0.2) is 0 Å². The molecule has 0 amide bonds. The summed E-state index contributed by atoms with van der Waals surface area (Å²) in [7, 11) is 0. The van der Waals surface area contributed by atoms with E-state index in [1.165, 1.54) is 12.3 Å². The monoisotopic (exact) mass is 243 g/mol. The van der Waals surface area contributed by atoms with Crippen molar-refractivity contribution in [3.05, 3.63) is 53.2 Å². The third kappa shape index (κ3) is 2.66. The van der Waals surface area contributed by atoms with Crippen LogP contribution >= 0.6 is 0 Å². The van der Waals surface area contributed by atoms with E-state index in [2.05, 4.69) is 4.98 Å². The molecule has 4 heteroatoms. The van der Waals surface area contributed by atoms with Crippen LogP contribution in [0.2, 0.25) is 0 Å². The molecule has 0 atom stereocenters. The molecule has 0 aliphatic heterocycles.